The summed E-state index contributed by atoms with van der Waals surface area (Å²) in [6.45, 7) is 11.2. The predicted octanol–water partition coefficient (Wildman–Crippen LogP) is 4.91. The summed E-state index contributed by atoms with van der Waals surface area (Å²) >= 11 is 6.96. The molecule has 1 N–H and O–H groups in total. The van der Waals surface area contributed by atoms with E-state index in [0.29, 0.717) is 11.4 Å². The molecule has 0 spiro atoms. The van der Waals surface area contributed by atoms with Gasteiger partial charge in [0.15, 0.2) is 5.82 Å². The number of carbonyl (C=O) groups excluding carboxylic acids is 2. The lowest BCUT2D eigenvalue weighted by Gasteiger charge is -2.40. The third-order valence-corrected chi connectivity index (χ3v) is 9.06. The van der Waals surface area contributed by atoms with Crippen molar-refractivity contribution in [3.05, 3.63) is 75.7 Å². The van der Waals surface area contributed by atoms with Crippen LogP contribution in [0.2, 0.25) is 5.02 Å². The molecular weight excluding hydrogens is 632 g/mol. The van der Waals surface area contributed by atoms with Gasteiger partial charge in [0, 0.05) is 25.7 Å². The first-order chi connectivity index (χ1) is 22.3. The number of aromatic nitrogens is 4. The number of hydrogen-bond donors (Lipinski definition) is 1. The van der Waals surface area contributed by atoms with Gasteiger partial charge in [-0.1, -0.05) is 51.9 Å². The van der Waals surface area contributed by atoms with E-state index in [1.165, 1.54) is 35.3 Å². The van der Waals surface area contributed by atoms with Gasteiger partial charge in [0.2, 0.25) is 5.91 Å². The van der Waals surface area contributed by atoms with Crippen LogP contribution in [0.15, 0.2) is 42.0 Å². The number of amides is 2. The van der Waals surface area contributed by atoms with Crippen molar-refractivity contribution in [3.63, 3.8) is 0 Å². The molecule has 0 radical (unpaired) electrons. The van der Waals surface area contributed by atoms with E-state index in [1.807, 2.05) is 27.7 Å². The molecule has 0 bridgehead atoms. The first kappa shape index (κ1) is 32.0. The van der Waals surface area contributed by atoms with E-state index in [9.17, 15) is 19.5 Å². The Morgan fingerprint density at radius 2 is 1.72 bits per heavy atom. The number of carbonyl (C=O) groups is 2. The number of fused-ring (bicyclic) bond motifs is 2. The van der Waals surface area contributed by atoms with Crippen molar-refractivity contribution in [3.8, 4) is 22.6 Å². The van der Waals surface area contributed by atoms with E-state index in [-0.39, 0.29) is 70.5 Å². The molecular formula is C33H32ClF2N7O4. The summed E-state index contributed by atoms with van der Waals surface area (Å²) in [6, 6.07) is 2.44. The standard InChI is InChI=1S/C33H32ClF2N7O4/c1-7-20(45)41-11-12-42-18(13-41)32(46)40(6)28-23-29(25(36)22(24(28)34)21-17(35)9-8-10-19(21)44)43(33(47)39-31(23)42)30-26(15(2)3)37-14-38-27(30)16(4)5/h7-10,14-16,18,44H,1,11-13H2,2-6H3. The fourth-order valence-electron chi connectivity index (χ4n) is 6.48. The van der Waals surface area contributed by atoms with Crippen LogP contribution in [0.1, 0.15) is 50.9 Å². The van der Waals surface area contributed by atoms with Crippen LogP contribution in [-0.4, -0.2) is 74.1 Å². The first-order valence-electron chi connectivity index (χ1n) is 15.1. The highest BCUT2D eigenvalue weighted by Crippen LogP contribution is 2.50. The summed E-state index contributed by atoms with van der Waals surface area (Å²) in [4.78, 5) is 58.7. The normalized spacial score (nSPS) is 16.3. The number of anilines is 2. The van der Waals surface area contributed by atoms with Crippen LogP contribution in [0, 0.1) is 11.6 Å². The smallest absolute Gasteiger partial charge is 0.354 e. The fourth-order valence-corrected chi connectivity index (χ4v) is 6.88. The average molecular weight is 664 g/mol. The molecule has 2 aromatic carbocycles. The average Bonchev–Trinajstić information content (AvgIpc) is 3.12. The molecule has 4 aromatic rings. The van der Waals surface area contributed by atoms with Gasteiger partial charge in [-0.15, -0.1) is 0 Å². The third kappa shape index (κ3) is 4.82. The second kappa shape index (κ2) is 11.7. The lowest BCUT2D eigenvalue weighted by atomic mass is 9.97. The Balaban J connectivity index is 1.84. The van der Waals surface area contributed by atoms with Crippen molar-refractivity contribution in [2.24, 2.45) is 0 Å². The fraction of sp³-hybridized carbons (Fsp3) is 0.333. The number of phenolic OH excluding ortho intramolecular Hbond substituents is 1. The lowest BCUT2D eigenvalue weighted by Crippen LogP contribution is -2.60. The molecule has 244 valence electrons. The molecule has 47 heavy (non-hydrogen) atoms. The van der Waals surface area contributed by atoms with Crippen molar-refractivity contribution in [1.82, 2.24) is 24.4 Å². The molecule has 2 aromatic heterocycles. The van der Waals surface area contributed by atoms with E-state index in [4.69, 9.17) is 11.6 Å². The maximum Gasteiger partial charge on any atom is 0.354 e. The first-order valence-corrected chi connectivity index (χ1v) is 15.4. The van der Waals surface area contributed by atoms with Crippen LogP contribution < -0.4 is 15.5 Å². The van der Waals surface area contributed by atoms with Gasteiger partial charge in [-0.25, -0.2) is 23.5 Å². The molecule has 1 fully saturated rings. The van der Waals surface area contributed by atoms with Gasteiger partial charge in [-0.2, -0.15) is 4.98 Å². The minimum atomic E-state index is -1.12. The Hall–Kier alpha value is -4.91. The van der Waals surface area contributed by atoms with Crippen LogP contribution in [0.4, 0.5) is 20.3 Å². The molecule has 1 atom stereocenters. The number of benzene rings is 2. The maximum atomic E-state index is 17.5. The number of piperazine rings is 1. The summed E-state index contributed by atoms with van der Waals surface area (Å²) < 4.78 is 34.1. The van der Waals surface area contributed by atoms with Gasteiger partial charge >= 0.3 is 5.69 Å². The zero-order valence-corrected chi connectivity index (χ0v) is 27.1. The Morgan fingerprint density at radius 3 is 2.32 bits per heavy atom. The molecule has 2 amide bonds. The number of aromatic hydroxyl groups is 1. The van der Waals surface area contributed by atoms with Crippen LogP contribution in [-0.2, 0) is 9.59 Å². The van der Waals surface area contributed by atoms with Crippen molar-refractivity contribution in [2.75, 3.05) is 36.5 Å². The van der Waals surface area contributed by atoms with Crippen molar-refractivity contribution in [1.29, 1.82) is 0 Å². The van der Waals surface area contributed by atoms with Crippen molar-refractivity contribution < 1.29 is 23.5 Å². The van der Waals surface area contributed by atoms with Gasteiger partial charge < -0.3 is 19.8 Å². The predicted molar refractivity (Wildman–Crippen MR) is 174 cm³/mol. The van der Waals surface area contributed by atoms with Crippen LogP contribution >= 0.6 is 11.6 Å². The number of rotatable bonds is 5. The zero-order chi connectivity index (χ0) is 34.1. The highest BCUT2D eigenvalue weighted by molar-refractivity contribution is 6.39. The number of likely N-dealkylation sites (N-methyl/N-ethyl adjacent to an activating group) is 1. The molecule has 2 aliphatic heterocycles. The summed E-state index contributed by atoms with van der Waals surface area (Å²) in [7, 11) is 1.42. The molecule has 0 aliphatic carbocycles. The number of nitrogens with zero attached hydrogens (tertiary/aromatic N) is 7. The van der Waals surface area contributed by atoms with E-state index in [1.54, 1.807) is 4.90 Å². The Bertz CT molecular complexity index is 2020. The largest absolute Gasteiger partial charge is 0.507 e. The van der Waals surface area contributed by atoms with Crippen LogP contribution in [0.25, 0.3) is 27.7 Å². The highest BCUT2D eigenvalue weighted by atomic mass is 35.5. The van der Waals surface area contributed by atoms with E-state index in [2.05, 4.69) is 21.5 Å². The van der Waals surface area contributed by atoms with Gasteiger partial charge in [-0.3, -0.25) is 14.2 Å². The molecule has 0 saturated carbocycles. The highest BCUT2D eigenvalue weighted by Gasteiger charge is 2.43. The van der Waals surface area contributed by atoms with Crippen LogP contribution in [0.3, 0.4) is 0 Å². The number of hydrogen-bond acceptors (Lipinski definition) is 8. The van der Waals surface area contributed by atoms with E-state index in [0.717, 1.165) is 16.7 Å². The lowest BCUT2D eigenvalue weighted by molar-refractivity contribution is -0.128. The molecule has 11 nitrogen and oxygen atoms in total. The molecule has 2 aliphatic rings. The minimum Gasteiger partial charge on any atom is -0.507 e. The molecule has 14 heteroatoms. The van der Waals surface area contributed by atoms with Gasteiger partial charge in [-0.05, 0) is 30.0 Å². The molecule has 1 unspecified atom stereocenters. The monoisotopic (exact) mass is 663 g/mol. The Kier molecular flexibility index (Phi) is 7.99. The molecule has 1 saturated heterocycles. The Morgan fingerprint density at radius 1 is 1.06 bits per heavy atom. The minimum absolute atomic E-state index is 0.0155. The van der Waals surface area contributed by atoms with E-state index >= 15 is 8.78 Å². The van der Waals surface area contributed by atoms with Crippen LogP contribution in [0.5, 0.6) is 5.75 Å². The van der Waals surface area contributed by atoms with Crippen molar-refractivity contribution in [2.45, 2.75) is 45.6 Å². The van der Waals surface area contributed by atoms with E-state index < -0.39 is 46.1 Å². The maximum absolute atomic E-state index is 17.5. The van der Waals surface area contributed by atoms with Gasteiger partial charge in [0.25, 0.3) is 5.91 Å². The summed E-state index contributed by atoms with van der Waals surface area (Å²) in [5.41, 5.74) is -1.33. The van der Waals surface area contributed by atoms with Crippen molar-refractivity contribution >= 4 is 45.8 Å². The summed E-state index contributed by atoms with van der Waals surface area (Å²) in [5, 5.41) is 10.5. The summed E-state index contributed by atoms with van der Waals surface area (Å²) in [5.74, 6) is -4.15. The topological polar surface area (TPSA) is 125 Å². The number of halogens is 3. The molecule has 4 heterocycles. The second-order valence-electron chi connectivity index (χ2n) is 12.2. The van der Waals surface area contributed by atoms with Gasteiger partial charge in [0.05, 0.1) is 45.3 Å². The molecule has 6 rings (SSSR count). The van der Waals surface area contributed by atoms with Gasteiger partial charge in [0.1, 0.15) is 35.3 Å². The zero-order valence-electron chi connectivity index (χ0n) is 26.4. The SMILES string of the molecule is C=CC(=O)N1CCN2c3nc(=O)n(-c4c(C(C)C)ncnc4C(C)C)c4c(F)c(-c5c(O)cccc5F)c(Cl)c(c34)N(C)C(=O)C2C1. The quantitative estimate of drug-likeness (QED) is 0.299. The third-order valence-electron chi connectivity index (χ3n) is 8.70. The number of phenols is 1. The Labute approximate surface area is 273 Å². The summed E-state index contributed by atoms with van der Waals surface area (Å²) in [6.07, 6.45) is 2.52. The second-order valence-corrected chi connectivity index (χ2v) is 12.5.